The van der Waals surface area contributed by atoms with Gasteiger partial charge < -0.3 is 10.3 Å². The van der Waals surface area contributed by atoms with Gasteiger partial charge in [0.1, 0.15) is 0 Å². The van der Waals surface area contributed by atoms with E-state index in [0.29, 0.717) is 6.54 Å². The highest BCUT2D eigenvalue weighted by atomic mass is 19.2. The Labute approximate surface area is 121 Å². The zero-order valence-electron chi connectivity index (χ0n) is 11.7. The fourth-order valence-electron chi connectivity index (χ4n) is 2.38. The Balaban J connectivity index is 1.69. The van der Waals surface area contributed by atoms with Crippen molar-refractivity contribution in [1.29, 1.82) is 0 Å². The first-order valence-electron chi connectivity index (χ1n) is 6.88. The molecule has 0 spiro atoms. The molecule has 3 rings (SSSR count). The van der Waals surface area contributed by atoms with Crippen molar-refractivity contribution in [3.63, 3.8) is 0 Å². The highest BCUT2D eigenvalue weighted by Crippen LogP contribution is 2.18. The highest BCUT2D eigenvalue weighted by molar-refractivity contribution is 5.79. The molecule has 0 saturated heterocycles. The second-order valence-corrected chi connectivity index (χ2v) is 5.18. The van der Waals surface area contributed by atoms with Crippen LogP contribution in [0.3, 0.4) is 0 Å². The topological polar surface area (TPSA) is 27.8 Å². The van der Waals surface area contributed by atoms with Crippen molar-refractivity contribution in [2.45, 2.75) is 19.5 Å². The first kappa shape index (κ1) is 13.8. The van der Waals surface area contributed by atoms with Crippen LogP contribution in [-0.2, 0) is 6.54 Å². The average Bonchev–Trinajstić information content (AvgIpc) is 2.95. The van der Waals surface area contributed by atoms with Crippen LogP contribution in [-0.4, -0.2) is 4.98 Å². The molecule has 0 fully saturated rings. The molecule has 21 heavy (non-hydrogen) atoms. The van der Waals surface area contributed by atoms with E-state index in [1.807, 2.05) is 19.2 Å². The zero-order valence-corrected chi connectivity index (χ0v) is 11.7. The third-order valence-corrected chi connectivity index (χ3v) is 3.68. The third kappa shape index (κ3) is 2.95. The van der Waals surface area contributed by atoms with E-state index in [0.717, 1.165) is 22.7 Å². The number of aromatic amines is 1. The van der Waals surface area contributed by atoms with Gasteiger partial charge in [-0.2, -0.15) is 0 Å². The molecule has 4 heteroatoms. The van der Waals surface area contributed by atoms with E-state index >= 15 is 0 Å². The molecule has 0 amide bonds. The van der Waals surface area contributed by atoms with Crippen molar-refractivity contribution in [3.05, 3.63) is 71.4 Å². The van der Waals surface area contributed by atoms with Crippen molar-refractivity contribution in [3.8, 4) is 0 Å². The quantitative estimate of drug-likeness (QED) is 0.735. The van der Waals surface area contributed by atoms with Gasteiger partial charge >= 0.3 is 0 Å². The highest BCUT2D eigenvalue weighted by Gasteiger charge is 2.09. The molecule has 1 atom stereocenters. The average molecular weight is 286 g/mol. The van der Waals surface area contributed by atoms with Crippen molar-refractivity contribution < 1.29 is 8.78 Å². The predicted octanol–water partition coefficient (Wildman–Crippen LogP) is 4.30. The lowest BCUT2D eigenvalue weighted by molar-refractivity contribution is 0.500. The lowest BCUT2D eigenvalue weighted by atomic mass is 10.1. The Bertz CT molecular complexity index is 764. The number of halogens is 2. The summed E-state index contributed by atoms with van der Waals surface area (Å²) in [5.41, 5.74) is 2.96. The molecule has 3 aromatic rings. The van der Waals surface area contributed by atoms with E-state index in [4.69, 9.17) is 0 Å². The van der Waals surface area contributed by atoms with E-state index in [9.17, 15) is 8.78 Å². The van der Waals surface area contributed by atoms with E-state index in [2.05, 4.69) is 28.5 Å². The van der Waals surface area contributed by atoms with Gasteiger partial charge in [0.25, 0.3) is 0 Å². The lowest BCUT2D eigenvalue weighted by Crippen LogP contribution is -2.18. The van der Waals surface area contributed by atoms with Crippen molar-refractivity contribution in [2.75, 3.05) is 0 Å². The van der Waals surface area contributed by atoms with E-state index in [1.54, 1.807) is 6.07 Å². The van der Waals surface area contributed by atoms with Gasteiger partial charge in [-0.25, -0.2) is 8.78 Å². The molecule has 0 aliphatic heterocycles. The van der Waals surface area contributed by atoms with Gasteiger partial charge in [-0.05, 0) is 47.7 Å². The Kier molecular flexibility index (Phi) is 3.71. The number of rotatable bonds is 4. The van der Waals surface area contributed by atoms with E-state index < -0.39 is 11.6 Å². The molecule has 1 unspecified atom stereocenters. The Morgan fingerprint density at radius 3 is 2.71 bits per heavy atom. The summed E-state index contributed by atoms with van der Waals surface area (Å²) in [6.07, 6.45) is 1.91. The van der Waals surface area contributed by atoms with Gasteiger partial charge in [0, 0.05) is 24.3 Å². The van der Waals surface area contributed by atoms with E-state index in [1.165, 1.54) is 11.5 Å². The maximum atomic E-state index is 13.2. The summed E-state index contributed by atoms with van der Waals surface area (Å²) < 4.78 is 26.2. The molecule has 0 bridgehead atoms. The standard InChI is InChI=1S/C17H16F2N2/c1-11(14-4-5-15(18)16(19)9-14)21-10-12-2-3-13-6-7-20-17(13)8-12/h2-9,11,20-21H,10H2,1H3. The molecule has 1 aromatic heterocycles. The molecule has 2 aromatic carbocycles. The Morgan fingerprint density at radius 2 is 1.90 bits per heavy atom. The van der Waals surface area contributed by atoms with Crippen LogP contribution in [0, 0.1) is 11.6 Å². The van der Waals surface area contributed by atoms with Crippen molar-refractivity contribution >= 4 is 10.9 Å². The molecule has 0 aliphatic rings. The molecule has 0 saturated carbocycles. The second kappa shape index (κ2) is 5.66. The van der Waals surface area contributed by atoms with Gasteiger partial charge in [-0.1, -0.05) is 18.2 Å². The van der Waals surface area contributed by atoms with Crippen LogP contribution in [0.5, 0.6) is 0 Å². The number of nitrogens with one attached hydrogen (secondary N) is 2. The normalized spacial score (nSPS) is 12.7. The van der Waals surface area contributed by atoms with Crippen LogP contribution >= 0.6 is 0 Å². The van der Waals surface area contributed by atoms with Gasteiger partial charge in [0.2, 0.25) is 0 Å². The van der Waals surface area contributed by atoms with Crippen LogP contribution in [0.2, 0.25) is 0 Å². The summed E-state index contributed by atoms with van der Waals surface area (Å²) >= 11 is 0. The maximum Gasteiger partial charge on any atom is 0.159 e. The smallest absolute Gasteiger partial charge is 0.159 e. The summed E-state index contributed by atoms with van der Waals surface area (Å²) in [4.78, 5) is 3.17. The molecule has 0 aliphatic carbocycles. The molecule has 0 radical (unpaired) electrons. The largest absolute Gasteiger partial charge is 0.361 e. The summed E-state index contributed by atoms with van der Waals surface area (Å²) in [5.74, 6) is -1.63. The molecule has 108 valence electrons. The van der Waals surface area contributed by atoms with Crippen LogP contribution in [0.15, 0.2) is 48.7 Å². The first-order chi connectivity index (χ1) is 10.1. The number of aromatic nitrogens is 1. The maximum absolute atomic E-state index is 13.2. The molecular formula is C17H16F2N2. The summed E-state index contributed by atoms with van der Waals surface area (Å²) in [6.45, 7) is 2.59. The number of hydrogen-bond donors (Lipinski definition) is 2. The fourth-order valence-corrected chi connectivity index (χ4v) is 2.38. The van der Waals surface area contributed by atoms with Crippen LogP contribution < -0.4 is 5.32 Å². The fraction of sp³-hybridized carbons (Fsp3) is 0.176. The monoisotopic (exact) mass is 286 g/mol. The Morgan fingerprint density at radius 1 is 1.05 bits per heavy atom. The zero-order chi connectivity index (χ0) is 14.8. The minimum absolute atomic E-state index is 0.0561. The first-order valence-corrected chi connectivity index (χ1v) is 6.88. The molecule has 2 nitrogen and oxygen atoms in total. The van der Waals surface area contributed by atoms with Gasteiger partial charge in [0.15, 0.2) is 11.6 Å². The Hall–Kier alpha value is -2.20. The predicted molar refractivity (Wildman–Crippen MR) is 79.9 cm³/mol. The number of fused-ring (bicyclic) bond motifs is 1. The second-order valence-electron chi connectivity index (χ2n) is 5.18. The van der Waals surface area contributed by atoms with Gasteiger partial charge in [-0.15, -0.1) is 0 Å². The van der Waals surface area contributed by atoms with Crippen molar-refractivity contribution in [1.82, 2.24) is 10.3 Å². The number of hydrogen-bond acceptors (Lipinski definition) is 1. The minimum atomic E-state index is -0.817. The van der Waals surface area contributed by atoms with Crippen LogP contribution in [0.4, 0.5) is 8.78 Å². The number of H-pyrrole nitrogens is 1. The minimum Gasteiger partial charge on any atom is -0.361 e. The summed E-state index contributed by atoms with van der Waals surface area (Å²) in [5, 5.41) is 4.49. The van der Waals surface area contributed by atoms with Crippen LogP contribution in [0.25, 0.3) is 10.9 Å². The van der Waals surface area contributed by atoms with Gasteiger partial charge in [0.05, 0.1) is 0 Å². The third-order valence-electron chi connectivity index (χ3n) is 3.68. The SMILES string of the molecule is CC(NCc1ccc2cc[nH]c2c1)c1ccc(F)c(F)c1. The summed E-state index contributed by atoms with van der Waals surface area (Å²) in [6, 6.07) is 12.2. The van der Waals surface area contributed by atoms with Crippen molar-refractivity contribution in [2.24, 2.45) is 0 Å². The van der Waals surface area contributed by atoms with E-state index in [-0.39, 0.29) is 6.04 Å². The van der Waals surface area contributed by atoms with Gasteiger partial charge in [-0.3, -0.25) is 0 Å². The summed E-state index contributed by atoms with van der Waals surface area (Å²) in [7, 11) is 0. The lowest BCUT2D eigenvalue weighted by Gasteiger charge is -2.14. The molecular weight excluding hydrogens is 270 g/mol. The number of benzene rings is 2. The van der Waals surface area contributed by atoms with Crippen LogP contribution in [0.1, 0.15) is 24.1 Å². The molecule has 2 N–H and O–H groups in total. The molecule has 1 heterocycles.